The molecule has 0 radical (unpaired) electrons. The zero-order chi connectivity index (χ0) is 18.4. The fraction of sp³-hybridized carbons (Fsp3) is 0.316. The van der Waals surface area contributed by atoms with E-state index in [2.05, 4.69) is 5.32 Å². The molecule has 0 unspecified atom stereocenters. The van der Waals surface area contributed by atoms with Crippen molar-refractivity contribution in [2.45, 2.75) is 33.2 Å². The van der Waals surface area contributed by atoms with Crippen LogP contribution in [-0.2, 0) is 11.3 Å². The van der Waals surface area contributed by atoms with E-state index in [0.717, 1.165) is 23.4 Å². The van der Waals surface area contributed by atoms with E-state index in [1.165, 1.54) is 5.56 Å². The highest BCUT2D eigenvalue weighted by molar-refractivity contribution is 5.76. The average Bonchev–Trinajstić information content (AvgIpc) is 2.53. The number of carbonyl (C=O) groups is 1. The van der Waals surface area contributed by atoms with Crippen LogP contribution in [0.3, 0.4) is 0 Å². The van der Waals surface area contributed by atoms with E-state index in [0.29, 0.717) is 13.0 Å². The van der Waals surface area contributed by atoms with Crippen LogP contribution in [-0.4, -0.2) is 27.8 Å². The Kier molecular flexibility index (Phi) is 6.11. The summed E-state index contributed by atoms with van der Waals surface area (Å²) >= 11 is 0. The first kappa shape index (κ1) is 18.4. The number of aromatic hydroxyl groups is 3. The maximum absolute atomic E-state index is 11.8. The van der Waals surface area contributed by atoms with E-state index in [1.54, 1.807) is 0 Å². The van der Waals surface area contributed by atoms with Gasteiger partial charge in [-0.25, -0.2) is 0 Å². The van der Waals surface area contributed by atoms with Crippen LogP contribution in [0.1, 0.15) is 29.5 Å². The van der Waals surface area contributed by atoms with Gasteiger partial charge in [-0.15, -0.1) is 0 Å². The number of carbonyl (C=O) groups excluding carboxylic acids is 1. The highest BCUT2D eigenvalue weighted by atomic mass is 16.5. The van der Waals surface area contributed by atoms with Crippen LogP contribution in [0.5, 0.6) is 23.0 Å². The van der Waals surface area contributed by atoms with Crippen molar-refractivity contribution >= 4 is 5.91 Å². The van der Waals surface area contributed by atoms with Crippen LogP contribution >= 0.6 is 0 Å². The Morgan fingerprint density at radius 1 is 1.04 bits per heavy atom. The standard InChI is InChI=1S/C19H23NO5/c1-12-5-6-15(8-13(12)2)25-7-3-4-19(24)20-11-16-17(22)9-14(21)10-18(16)23/h5-6,8-10,21-23H,3-4,7,11H2,1-2H3,(H,20,24). The fourth-order valence-electron chi connectivity index (χ4n) is 2.31. The minimum atomic E-state index is -0.268. The monoisotopic (exact) mass is 345 g/mol. The van der Waals surface area contributed by atoms with E-state index >= 15 is 0 Å². The SMILES string of the molecule is Cc1ccc(OCCCC(=O)NCc2c(O)cc(O)cc2O)cc1C. The van der Waals surface area contributed by atoms with Crippen molar-refractivity contribution in [1.29, 1.82) is 0 Å². The summed E-state index contributed by atoms with van der Waals surface area (Å²) in [5.41, 5.74) is 2.52. The van der Waals surface area contributed by atoms with Crippen molar-refractivity contribution < 1.29 is 24.9 Å². The highest BCUT2D eigenvalue weighted by Gasteiger charge is 2.11. The third-order valence-electron chi connectivity index (χ3n) is 3.95. The van der Waals surface area contributed by atoms with Crippen LogP contribution in [0.15, 0.2) is 30.3 Å². The number of ether oxygens (including phenoxy) is 1. The van der Waals surface area contributed by atoms with E-state index in [1.807, 2.05) is 32.0 Å². The molecule has 0 heterocycles. The van der Waals surface area contributed by atoms with Crippen LogP contribution in [0.2, 0.25) is 0 Å². The number of nitrogens with one attached hydrogen (secondary N) is 1. The number of amides is 1. The van der Waals surface area contributed by atoms with Gasteiger partial charge in [0.05, 0.1) is 18.7 Å². The minimum absolute atomic E-state index is 0.0191. The van der Waals surface area contributed by atoms with Crippen molar-refractivity contribution in [3.63, 3.8) is 0 Å². The normalized spacial score (nSPS) is 10.5. The molecule has 2 aromatic rings. The van der Waals surface area contributed by atoms with Gasteiger partial charge in [-0.3, -0.25) is 4.79 Å². The van der Waals surface area contributed by atoms with Gasteiger partial charge in [0.2, 0.25) is 5.91 Å². The summed E-state index contributed by atoms with van der Waals surface area (Å²) in [6.07, 6.45) is 0.816. The molecule has 0 aliphatic heterocycles. The van der Waals surface area contributed by atoms with Gasteiger partial charge in [0.25, 0.3) is 0 Å². The molecule has 0 aliphatic carbocycles. The molecule has 0 aliphatic rings. The molecule has 2 aromatic carbocycles. The molecular weight excluding hydrogens is 322 g/mol. The lowest BCUT2D eigenvalue weighted by Gasteiger charge is -2.10. The van der Waals surface area contributed by atoms with E-state index < -0.39 is 0 Å². The van der Waals surface area contributed by atoms with Crippen molar-refractivity contribution in [2.24, 2.45) is 0 Å². The Balaban J connectivity index is 1.73. The molecule has 0 bridgehead atoms. The summed E-state index contributed by atoms with van der Waals surface area (Å²) in [6.45, 7) is 4.46. The number of hydrogen-bond donors (Lipinski definition) is 4. The summed E-state index contributed by atoms with van der Waals surface area (Å²) in [5, 5.41) is 31.2. The molecular formula is C19H23NO5. The first-order valence-electron chi connectivity index (χ1n) is 8.07. The summed E-state index contributed by atoms with van der Waals surface area (Å²) in [4.78, 5) is 11.8. The molecule has 0 saturated heterocycles. The van der Waals surface area contributed by atoms with Gasteiger partial charge in [0.15, 0.2) is 0 Å². The summed E-state index contributed by atoms with van der Waals surface area (Å²) in [6, 6.07) is 8.08. The third-order valence-corrected chi connectivity index (χ3v) is 3.95. The molecule has 25 heavy (non-hydrogen) atoms. The Morgan fingerprint density at radius 3 is 2.36 bits per heavy atom. The first-order valence-corrected chi connectivity index (χ1v) is 8.07. The number of rotatable bonds is 7. The highest BCUT2D eigenvalue weighted by Crippen LogP contribution is 2.31. The Bertz CT molecular complexity index is 734. The van der Waals surface area contributed by atoms with Gasteiger partial charge in [0.1, 0.15) is 23.0 Å². The van der Waals surface area contributed by atoms with Crippen LogP contribution in [0.4, 0.5) is 0 Å². The molecule has 0 spiro atoms. The molecule has 4 N–H and O–H groups in total. The zero-order valence-electron chi connectivity index (χ0n) is 14.4. The number of aryl methyl sites for hydroxylation is 2. The summed E-state index contributed by atoms with van der Waals surface area (Å²) < 4.78 is 5.62. The minimum Gasteiger partial charge on any atom is -0.508 e. The predicted molar refractivity (Wildman–Crippen MR) is 93.9 cm³/mol. The molecule has 0 atom stereocenters. The van der Waals surface area contributed by atoms with Crippen LogP contribution in [0, 0.1) is 13.8 Å². The lowest BCUT2D eigenvalue weighted by Crippen LogP contribution is -2.23. The quantitative estimate of drug-likeness (QED) is 0.578. The van der Waals surface area contributed by atoms with Crippen molar-refractivity contribution in [1.82, 2.24) is 5.32 Å². The number of hydrogen-bond acceptors (Lipinski definition) is 5. The van der Waals surface area contributed by atoms with Gasteiger partial charge >= 0.3 is 0 Å². The Labute approximate surface area is 146 Å². The molecule has 2 rings (SSSR count). The Hall–Kier alpha value is -2.89. The molecule has 0 saturated carbocycles. The predicted octanol–water partition coefficient (Wildman–Crippen LogP) is 2.90. The van der Waals surface area contributed by atoms with Gasteiger partial charge in [-0.1, -0.05) is 6.07 Å². The largest absolute Gasteiger partial charge is 0.508 e. The van der Waals surface area contributed by atoms with E-state index in [-0.39, 0.29) is 41.7 Å². The van der Waals surface area contributed by atoms with Crippen LogP contribution in [0.25, 0.3) is 0 Å². The molecule has 134 valence electrons. The van der Waals surface area contributed by atoms with Crippen molar-refractivity contribution in [2.75, 3.05) is 6.61 Å². The van der Waals surface area contributed by atoms with Crippen LogP contribution < -0.4 is 10.1 Å². The Morgan fingerprint density at radius 2 is 1.72 bits per heavy atom. The van der Waals surface area contributed by atoms with Gasteiger partial charge in [0, 0.05) is 18.6 Å². The number of phenolic OH excluding ortho intramolecular Hbond substituents is 3. The van der Waals surface area contributed by atoms with Gasteiger partial charge in [-0.05, 0) is 43.5 Å². The van der Waals surface area contributed by atoms with Crippen molar-refractivity contribution in [3.05, 3.63) is 47.0 Å². The molecule has 6 heteroatoms. The van der Waals surface area contributed by atoms with E-state index in [9.17, 15) is 20.1 Å². The lowest BCUT2D eigenvalue weighted by atomic mass is 10.1. The second-order valence-corrected chi connectivity index (χ2v) is 5.94. The second kappa shape index (κ2) is 8.28. The fourth-order valence-corrected chi connectivity index (χ4v) is 2.31. The second-order valence-electron chi connectivity index (χ2n) is 5.94. The molecule has 1 amide bonds. The third kappa shape index (κ3) is 5.31. The van der Waals surface area contributed by atoms with E-state index in [4.69, 9.17) is 4.74 Å². The smallest absolute Gasteiger partial charge is 0.220 e. The van der Waals surface area contributed by atoms with Gasteiger partial charge in [-0.2, -0.15) is 0 Å². The molecule has 0 fully saturated rings. The maximum atomic E-state index is 11.8. The molecule has 0 aromatic heterocycles. The number of phenols is 3. The summed E-state index contributed by atoms with van der Waals surface area (Å²) in [7, 11) is 0. The topological polar surface area (TPSA) is 99.0 Å². The number of benzene rings is 2. The average molecular weight is 345 g/mol. The lowest BCUT2D eigenvalue weighted by molar-refractivity contribution is -0.121. The maximum Gasteiger partial charge on any atom is 0.220 e. The van der Waals surface area contributed by atoms with Gasteiger partial charge < -0.3 is 25.4 Å². The first-order chi connectivity index (χ1) is 11.9. The molecule has 6 nitrogen and oxygen atoms in total. The summed E-state index contributed by atoms with van der Waals surface area (Å²) in [5.74, 6) is -0.210. The zero-order valence-corrected chi connectivity index (χ0v) is 14.4. The van der Waals surface area contributed by atoms with Crippen molar-refractivity contribution in [3.8, 4) is 23.0 Å².